The standard InChI is InChI=1S/C25H24F3N5O5/c1-36-24(35)19-13-33(31-30-19)18-9-20(23(34)29-10-15-3-2-4-17(7-15)25(26,27)28)32(12-18)11-16-5-6-21-22(8-16)38-14-37-21/h2-8,13,18,20H,9-12,14H2,1H3,(H,29,34)/t18-,20-/m0/s1. The number of nitrogens with zero attached hydrogens (tertiary/aromatic N) is 4. The van der Waals surface area contributed by atoms with Crippen LogP contribution in [0.15, 0.2) is 48.7 Å². The second kappa shape index (κ2) is 10.3. The number of ether oxygens (including phenoxy) is 3. The first-order chi connectivity index (χ1) is 18.2. The molecule has 3 aromatic rings. The Morgan fingerprint density at radius 3 is 2.74 bits per heavy atom. The molecule has 2 aliphatic heterocycles. The van der Waals surface area contributed by atoms with E-state index in [1.165, 1.54) is 30.1 Å². The fourth-order valence-corrected chi connectivity index (χ4v) is 4.61. The van der Waals surface area contributed by atoms with Crippen molar-refractivity contribution in [3.63, 3.8) is 0 Å². The number of fused-ring (bicyclic) bond motifs is 1. The van der Waals surface area contributed by atoms with E-state index in [-0.39, 0.29) is 31.0 Å². The number of amides is 1. The first-order valence-electron chi connectivity index (χ1n) is 11.8. The average Bonchev–Trinajstić information content (AvgIpc) is 3.66. The van der Waals surface area contributed by atoms with Crippen LogP contribution in [0.5, 0.6) is 11.5 Å². The number of alkyl halides is 3. The molecule has 13 heteroatoms. The van der Waals surface area contributed by atoms with Gasteiger partial charge in [0, 0.05) is 19.6 Å². The van der Waals surface area contributed by atoms with Gasteiger partial charge in [0.25, 0.3) is 0 Å². The summed E-state index contributed by atoms with van der Waals surface area (Å²) >= 11 is 0. The number of aromatic nitrogens is 3. The fourth-order valence-electron chi connectivity index (χ4n) is 4.61. The molecule has 1 saturated heterocycles. The van der Waals surface area contributed by atoms with Crippen molar-refractivity contribution in [3.05, 3.63) is 71.0 Å². The highest BCUT2D eigenvalue weighted by Gasteiger charge is 2.38. The van der Waals surface area contributed by atoms with E-state index in [4.69, 9.17) is 9.47 Å². The summed E-state index contributed by atoms with van der Waals surface area (Å²) in [6.45, 7) is 0.894. The number of methoxy groups -OCH3 is 1. The molecule has 5 rings (SSSR count). The van der Waals surface area contributed by atoms with Gasteiger partial charge in [-0.25, -0.2) is 9.48 Å². The lowest BCUT2D eigenvalue weighted by Crippen LogP contribution is -2.42. The minimum absolute atomic E-state index is 0.0484. The molecule has 1 fully saturated rings. The third-order valence-corrected chi connectivity index (χ3v) is 6.51. The lowest BCUT2D eigenvalue weighted by atomic mass is 10.1. The molecule has 1 N–H and O–H groups in total. The molecule has 0 radical (unpaired) electrons. The predicted molar refractivity (Wildman–Crippen MR) is 125 cm³/mol. The van der Waals surface area contributed by atoms with Gasteiger partial charge in [-0.15, -0.1) is 5.10 Å². The topological polar surface area (TPSA) is 108 Å². The summed E-state index contributed by atoms with van der Waals surface area (Å²) in [7, 11) is 1.24. The second-order valence-electron chi connectivity index (χ2n) is 9.01. The largest absolute Gasteiger partial charge is 0.464 e. The third-order valence-electron chi connectivity index (χ3n) is 6.51. The summed E-state index contributed by atoms with van der Waals surface area (Å²) < 4.78 is 56.3. The van der Waals surface area contributed by atoms with Crippen LogP contribution in [0.2, 0.25) is 0 Å². The van der Waals surface area contributed by atoms with Gasteiger partial charge in [0.05, 0.1) is 31.0 Å². The highest BCUT2D eigenvalue weighted by Crippen LogP contribution is 2.35. The number of hydrogen-bond donors (Lipinski definition) is 1. The van der Waals surface area contributed by atoms with Crippen LogP contribution in [-0.4, -0.2) is 58.3 Å². The van der Waals surface area contributed by atoms with E-state index in [0.717, 1.165) is 17.7 Å². The van der Waals surface area contributed by atoms with Gasteiger partial charge in [0.2, 0.25) is 12.7 Å². The molecule has 0 spiro atoms. The number of carbonyl (C=O) groups is 2. The SMILES string of the molecule is COC(=O)c1cn([C@H]2C[C@@H](C(=O)NCc3cccc(C(F)(F)F)c3)N(Cc3ccc4c(c3)OCO4)C2)nn1. The number of benzene rings is 2. The van der Waals surface area contributed by atoms with E-state index in [9.17, 15) is 22.8 Å². The smallest absolute Gasteiger partial charge is 0.416 e. The van der Waals surface area contributed by atoms with Gasteiger partial charge < -0.3 is 19.5 Å². The Labute approximate surface area is 215 Å². The molecule has 0 saturated carbocycles. The highest BCUT2D eigenvalue weighted by molar-refractivity contribution is 5.86. The van der Waals surface area contributed by atoms with Gasteiger partial charge in [0.15, 0.2) is 17.2 Å². The van der Waals surface area contributed by atoms with Gasteiger partial charge >= 0.3 is 12.1 Å². The maximum absolute atomic E-state index is 13.3. The van der Waals surface area contributed by atoms with Crippen molar-refractivity contribution in [2.75, 3.05) is 20.4 Å². The van der Waals surface area contributed by atoms with Crippen molar-refractivity contribution in [2.45, 2.75) is 37.8 Å². The Kier molecular flexibility index (Phi) is 6.93. The van der Waals surface area contributed by atoms with Gasteiger partial charge in [-0.05, 0) is 41.8 Å². The van der Waals surface area contributed by atoms with Crippen LogP contribution in [0.1, 0.15) is 39.6 Å². The molecule has 1 amide bonds. The molecule has 200 valence electrons. The van der Waals surface area contributed by atoms with Crippen LogP contribution in [0.4, 0.5) is 13.2 Å². The van der Waals surface area contributed by atoms with Gasteiger partial charge in [-0.3, -0.25) is 9.69 Å². The molecule has 38 heavy (non-hydrogen) atoms. The summed E-state index contributed by atoms with van der Waals surface area (Å²) in [6.07, 6.45) is -2.65. The zero-order valence-corrected chi connectivity index (χ0v) is 20.3. The number of esters is 1. The predicted octanol–water partition coefficient (Wildman–Crippen LogP) is 2.94. The first-order valence-corrected chi connectivity index (χ1v) is 11.8. The summed E-state index contributed by atoms with van der Waals surface area (Å²) in [5.74, 6) is 0.296. The van der Waals surface area contributed by atoms with Crippen molar-refractivity contribution >= 4 is 11.9 Å². The zero-order valence-electron chi connectivity index (χ0n) is 20.3. The summed E-state index contributed by atoms with van der Waals surface area (Å²) in [5, 5.41) is 10.7. The van der Waals surface area contributed by atoms with Crippen molar-refractivity contribution in [2.24, 2.45) is 0 Å². The Morgan fingerprint density at radius 1 is 1.13 bits per heavy atom. The maximum atomic E-state index is 13.3. The Hall–Kier alpha value is -4.13. The van der Waals surface area contributed by atoms with Crippen molar-refractivity contribution < 1.29 is 37.0 Å². The minimum atomic E-state index is -4.47. The van der Waals surface area contributed by atoms with E-state index in [1.54, 1.807) is 6.07 Å². The lowest BCUT2D eigenvalue weighted by Gasteiger charge is -2.23. The normalized spacial score (nSPS) is 18.9. The monoisotopic (exact) mass is 531 g/mol. The molecule has 1 aromatic heterocycles. The summed E-state index contributed by atoms with van der Waals surface area (Å²) in [5.41, 5.74) is 0.498. The molecule has 10 nitrogen and oxygen atoms in total. The molecule has 0 aliphatic carbocycles. The van der Waals surface area contributed by atoms with Crippen LogP contribution >= 0.6 is 0 Å². The number of likely N-dealkylation sites (tertiary alicyclic amines) is 1. The van der Waals surface area contributed by atoms with E-state index in [2.05, 4.69) is 20.4 Å². The lowest BCUT2D eigenvalue weighted by molar-refractivity contribution is -0.137. The number of halogens is 3. The van der Waals surface area contributed by atoms with Crippen LogP contribution < -0.4 is 14.8 Å². The quantitative estimate of drug-likeness (QED) is 0.464. The van der Waals surface area contributed by atoms with Gasteiger partial charge in [-0.2, -0.15) is 13.2 Å². The van der Waals surface area contributed by atoms with E-state index in [0.29, 0.717) is 36.6 Å². The van der Waals surface area contributed by atoms with Crippen LogP contribution in [0.25, 0.3) is 0 Å². The van der Waals surface area contributed by atoms with Crippen molar-refractivity contribution in [1.29, 1.82) is 0 Å². The number of rotatable bonds is 7. The molecule has 0 unspecified atom stereocenters. The summed E-state index contributed by atoms with van der Waals surface area (Å²) in [4.78, 5) is 27.0. The van der Waals surface area contributed by atoms with E-state index >= 15 is 0 Å². The second-order valence-corrected chi connectivity index (χ2v) is 9.01. The van der Waals surface area contributed by atoms with Gasteiger partial charge in [-0.1, -0.05) is 23.4 Å². The molecule has 2 aromatic carbocycles. The molecule has 2 aliphatic rings. The van der Waals surface area contributed by atoms with Crippen molar-refractivity contribution in [3.8, 4) is 11.5 Å². The van der Waals surface area contributed by atoms with E-state index < -0.39 is 23.8 Å². The van der Waals surface area contributed by atoms with Crippen molar-refractivity contribution in [1.82, 2.24) is 25.2 Å². The number of hydrogen-bond acceptors (Lipinski definition) is 8. The average molecular weight is 531 g/mol. The Bertz CT molecular complexity index is 1340. The first kappa shape index (κ1) is 25.5. The van der Waals surface area contributed by atoms with Crippen LogP contribution in [0.3, 0.4) is 0 Å². The molecule has 3 heterocycles. The maximum Gasteiger partial charge on any atom is 0.416 e. The van der Waals surface area contributed by atoms with Crippen LogP contribution in [-0.2, 0) is 28.8 Å². The molecule has 0 bridgehead atoms. The molecule has 2 atom stereocenters. The van der Waals surface area contributed by atoms with E-state index in [1.807, 2.05) is 17.0 Å². The number of carbonyl (C=O) groups excluding carboxylic acids is 2. The highest BCUT2D eigenvalue weighted by atomic mass is 19.4. The van der Waals surface area contributed by atoms with Crippen LogP contribution in [0, 0.1) is 0 Å². The zero-order chi connectivity index (χ0) is 26.9. The Morgan fingerprint density at radius 2 is 1.95 bits per heavy atom. The van der Waals surface area contributed by atoms with Gasteiger partial charge in [0.1, 0.15) is 0 Å². The minimum Gasteiger partial charge on any atom is -0.464 e. The summed E-state index contributed by atoms with van der Waals surface area (Å²) in [6, 6.07) is 9.48. The Balaban J connectivity index is 1.33. The molecular formula is C25H24F3N5O5. The fraction of sp³-hybridized carbons (Fsp3) is 0.360. The molecular weight excluding hydrogens is 507 g/mol. The third kappa shape index (κ3) is 5.42. The number of nitrogens with one attached hydrogen (secondary N) is 1.